The SMILES string of the molecule is ON=C(Cc1ncc[nH]1)c1ccc(Cl)cc1Cl. The van der Waals surface area contributed by atoms with Gasteiger partial charge in [-0.3, -0.25) is 0 Å². The number of hydrogen-bond donors (Lipinski definition) is 2. The molecule has 1 heterocycles. The molecule has 6 heteroatoms. The normalized spacial score (nSPS) is 11.8. The topological polar surface area (TPSA) is 61.3 Å². The van der Waals surface area contributed by atoms with Gasteiger partial charge in [0.2, 0.25) is 0 Å². The van der Waals surface area contributed by atoms with Crippen molar-refractivity contribution in [3.8, 4) is 0 Å². The number of hydrogen-bond acceptors (Lipinski definition) is 3. The molecule has 1 aromatic carbocycles. The minimum Gasteiger partial charge on any atom is -0.411 e. The molecule has 0 aliphatic heterocycles. The van der Waals surface area contributed by atoms with Gasteiger partial charge in [0.15, 0.2) is 0 Å². The van der Waals surface area contributed by atoms with Crippen LogP contribution in [0.5, 0.6) is 0 Å². The van der Waals surface area contributed by atoms with Crippen molar-refractivity contribution < 1.29 is 5.21 Å². The Labute approximate surface area is 108 Å². The van der Waals surface area contributed by atoms with Crippen LogP contribution >= 0.6 is 23.2 Å². The predicted octanol–water partition coefficient (Wildman–Crippen LogP) is 3.14. The number of benzene rings is 1. The summed E-state index contributed by atoms with van der Waals surface area (Å²) in [6.07, 6.45) is 3.70. The van der Waals surface area contributed by atoms with Crippen molar-refractivity contribution >= 4 is 28.9 Å². The molecule has 1 aromatic heterocycles. The first-order valence-corrected chi connectivity index (χ1v) is 5.61. The van der Waals surface area contributed by atoms with Crippen molar-refractivity contribution in [2.45, 2.75) is 6.42 Å². The fourth-order valence-corrected chi connectivity index (χ4v) is 1.98. The molecular formula is C11H9Cl2N3O. The van der Waals surface area contributed by atoms with Gasteiger partial charge < -0.3 is 10.2 Å². The summed E-state index contributed by atoms with van der Waals surface area (Å²) >= 11 is 11.8. The maximum atomic E-state index is 9.03. The maximum Gasteiger partial charge on any atom is 0.112 e. The molecule has 0 bridgehead atoms. The lowest BCUT2D eigenvalue weighted by molar-refractivity contribution is 0.318. The highest BCUT2D eigenvalue weighted by atomic mass is 35.5. The van der Waals surface area contributed by atoms with E-state index in [9.17, 15) is 0 Å². The molecule has 0 aliphatic rings. The third-order valence-corrected chi connectivity index (χ3v) is 2.80. The van der Waals surface area contributed by atoms with Gasteiger partial charge in [0.1, 0.15) is 5.82 Å². The van der Waals surface area contributed by atoms with Crippen LogP contribution in [0.2, 0.25) is 10.0 Å². The third-order valence-electron chi connectivity index (χ3n) is 2.25. The highest BCUT2D eigenvalue weighted by Gasteiger charge is 2.11. The molecule has 0 aliphatic carbocycles. The fraction of sp³-hybridized carbons (Fsp3) is 0.0909. The van der Waals surface area contributed by atoms with E-state index in [1.54, 1.807) is 30.6 Å². The van der Waals surface area contributed by atoms with Gasteiger partial charge in [0, 0.05) is 23.0 Å². The lowest BCUT2D eigenvalue weighted by atomic mass is 10.1. The van der Waals surface area contributed by atoms with Crippen LogP contribution in [0.1, 0.15) is 11.4 Å². The maximum absolute atomic E-state index is 9.03. The standard InChI is InChI=1S/C11H9Cl2N3O/c12-7-1-2-8(9(13)5-7)10(16-17)6-11-14-3-4-15-11/h1-5,17H,6H2,(H,14,15). The fourth-order valence-electron chi connectivity index (χ4n) is 1.46. The Kier molecular flexibility index (Phi) is 3.66. The molecular weight excluding hydrogens is 261 g/mol. The molecule has 0 saturated carbocycles. The number of imidazole rings is 1. The van der Waals surface area contributed by atoms with E-state index in [-0.39, 0.29) is 0 Å². The van der Waals surface area contributed by atoms with Crippen LogP contribution in [0.3, 0.4) is 0 Å². The van der Waals surface area contributed by atoms with Gasteiger partial charge in [-0.2, -0.15) is 0 Å². The highest BCUT2D eigenvalue weighted by Crippen LogP contribution is 2.22. The number of oxime groups is 1. The van der Waals surface area contributed by atoms with Gasteiger partial charge in [-0.15, -0.1) is 0 Å². The van der Waals surface area contributed by atoms with E-state index in [0.29, 0.717) is 33.6 Å². The van der Waals surface area contributed by atoms with Gasteiger partial charge in [0.05, 0.1) is 17.2 Å². The molecule has 17 heavy (non-hydrogen) atoms. The monoisotopic (exact) mass is 269 g/mol. The summed E-state index contributed by atoms with van der Waals surface area (Å²) in [6, 6.07) is 5.00. The van der Waals surface area contributed by atoms with E-state index in [2.05, 4.69) is 15.1 Å². The summed E-state index contributed by atoms with van der Waals surface area (Å²) < 4.78 is 0. The Morgan fingerprint density at radius 2 is 2.24 bits per heavy atom. The number of halogens is 2. The summed E-state index contributed by atoms with van der Waals surface area (Å²) in [5.74, 6) is 0.698. The van der Waals surface area contributed by atoms with Crippen LogP contribution in [0.15, 0.2) is 35.7 Å². The zero-order chi connectivity index (χ0) is 12.3. The molecule has 0 unspecified atom stereocenters. The van der Waals surface area contributed by atoms with Crippen LogP contribution in [0, 0.1) is 0 Å². The quantitative estimate of drug-likeness (QED) is 0.511. The molecule has 4 nitrogen and oxygen atoms in total. The Morgan fingerprint density at radius 1 is 1.41 bits per heavy atom. The Morgan fingerprint density at radius 3 is 2.82 bits per heavy atom. The zero-order valence-electron chi connectivity index (χ0n) is 8.69. The lowest BCUT2D eigenvalue weighted by Crippen LogP contribution is -2.07. The number of aromatic nitrogens is 2. The van der Waals surface area contributed by atoms with E-state index in [4.69, 9.17) is 28.4 Å². The smallest absolute Gasteiger partial charge is 0.112 e. The summed E-state index contributed by atoms with van der Waals surface area (Å²) in [6.45, 7) is 0. The number of nitrogens with zero attached hydrogens (tertiary/aromatic N) is 2. The number of nitrogens with one attached hydrogen (secondary N) is 1. The van der Waals surface area contributed by atoms with Crippen molar-refractivity contribution in [1.29, 1.82) is 0 Å². The minimum absolute atomic E-state index is 0.366. The highest BCUT2D eigenvalue weighted by molar-refractivity contribution is 6.37. The van der Waals surface area contributed by atoms with E-state index >= 15 is 0 Å². The molecule has 2 aromatic rings. The van der Waals surface area contributed by atoms with E-state index in [1.807, 2.05) is 0 Å². The molecule has 0 atom stereocenters. The van der Waals surface area contributed by atoms with Crippen LogP contribution < -0.4 is 0 Å². The van der Waals surface area contributed by atoms with E-state index in [1.165, 1.54) is 0 Å². The van der Waals surface area contributed by atoms with Gasteiger partial charge in [-0.1, -0.05) is 34.4 Å². The van der Waals surface area contributed by atoms with Crippen molar-refractivity contribution in [2.75, 3.05) is 0 Å². The van der Waals surface area contributed by atoms with Gasteiger partial charge >= 0.3 is 0 Å². The van der Waals surface area contributed by atoms with E-state index < -0.39 is 0 Å². The third kappa shape index (κ3) is 2.78. The first-order valence-electron chi connectivity index (χ1n) is 4.85. The summed E-state index contributed by atoms with van der Waals surface area (Å²) in [4.78, 5) is 6.99. The van der Waals surface area contributed by atoms with Crippen molar-refractivity contribution in [1.82, 2.24) is 9.97 Å². The summed E-state index contributed by atoms with van der Waals surface area (Å²) in [7, 11) is 0. The van der Waals surface area contributed by atoms with E-state index in [0.717, 1.165) is 0 Å². The molecule has 0 fully saturated rings. The van der Waals surface area contributed by atoms with Crippen LogP contribution in [0.4, 0.5) is 0 Å². The second-order valence-corrected chi connectivity index (χ2v) is 4.23. The zero-order valence-corrected chi connectivity index (χ0v) is 10.2. The first kappa shape index (κ1) is 12.0. The minimum atomic E-state index is 0.366. The summed E-state index contributed by atoms with van der Waals surface area (Å²) in [5.41, 5.74) is 1.07. The molecule has 0 radical (unpaired) electrons. The molecule has 0 spiro atoms. The average Bonchev–Trinajstić information content (AvgIpc) is 2.79. The van der Waals surface area contributed by atoms with Crippen molar-refractivity contribution in [2.24, 2.45) is 5.16 Å². The Bertz CT molecular complexity index is 538. The van der Waals surface area contributed by atoms with Gasteiger partial charge in [-0.25, -0.2) is 4.98 Å². The van der Waals surface area contributed by atoms with Crippen molar-refractivity contribution in [3.63, 3.8) is 0 Å². The Hall–Kier alpha value is -1.52. The first-order chi connectivity index (χ1) is 8.20. The number of aromatic amines is 1. The average molecular weight is 270 g/mol. The second kappa shape index (κ2) is 5.21. The van der Waals surface area contributed by atoms with Crippen LogP contribution in [-0.2, 0) is 6.42 Å². The predicted molar refractivity (Wildman–Crippen MR) is 67.1 cm³/mol. The number of rotatable bonds is 3. The largest absolute Gasteiger partial charge is 0.411 e. The lowest BCUT2D eigenvalue weighted by Gasteiger charge is -2.05. The molecule has 2 rings (SSSR count). The Balaban J connectivity index is 2.30. The van der Waals surface area contributed by atoms with Crippen LogP contribution in [0.25, 0.3) is 0 Å². The summed E-state index contributed by atoms with van der Waals surface area (Å²) in [5, 5.41) is 13.3. The van der Waals surface area contributed by atoms with Gasteiger partial charge in [-0.05, 0) is 12.1 Å². The second-order valence-electron chi connectivity index (χ2n) is 3.38. The molecule has 2 N–H and O–H groups in total. The van der Waals surface area contributed by atoms with Crippen LogP contribution in [-0.4, -0.2) is 20.9 Å². The number of H-pyrrole nitrogens is 1. The van der Waals surface area contributed by atoms with Gasteiger partial charge in [0.25, 0.3) is 0 Å². The molecule has 88 valence electrons. The molecule has 0 saturated heterocycles. The molecule has 0 amide bonds. The van der Waals surface area contributed by atoms with Crippen molar-refractivity contribution in [3.05, 3.63) is 52.0 Å².